The van der Waals surface area contributed by atoms with Gasteiger partial charge in [-0.05, 0) is 19.1 Å². The van der Waals surface area contributed by atoms with Crippen molar-refractivity contribution in [3.8, 4) is 11.5 Å². The van der Waals surface area contributed by atoms with Crippen molar-refractivity contribution in [2.75, 3.05) is 7.11 Å². The van der Waals surface area contributed by atoms with Crippen molar-refractivity contribution in [1.29, 1.82) is 0 Å². The van der Waals surface area contributed by atoms with Crippen LogP contribution in [0.15, 0.2) is 41.2 Å². The maximum Gasteiger partial charge on any atom is 0.254 e. The Labute approximate surface area is 105 Å². The van der Waals surface area contributed by atoms with Crippen LogP contribution < -0.4 is 10.3 Å². The van der Waals surface area contributed by atoms with Crippen molar-refractivity contribution >= 4 is 0 Å². The first-order chi connectivity index (χ1) is 8.61. The summed E-state index contributed by atoms with van der Waals surface area (Å²) in [6, 6.07) is 10.3. The van der Waals surface area contributed by atoms with E-state index < -0.39 is 0 Å². The van der Waals surface area contributed by atoms with Crippen LogP contribution in [-0.4, -0.2) is 16.8 Å². The van der Waals surface area contributed by atoms with Gasteiger partial charge >= 0.3 is 0 Å². The van der Waals surface area contributed by atoms with Gasteiger partial charge in [0.1, 0.15) is 11.5 Å². The molecule has 1 aromatic heterocycles. The zero-order chi connectivity index (χ0) is 13.1. The molecule has 0 bridgehead atoms. The lowest BCUT2D eigenvalue weighted by molar-refractivity contribution is 0.407. The molecular weight excluding hydrogens is 230 g/mol. The van der Waals surface area contributed by atoms with Crippen LogP contribution >= 0.6 is 0 Å². The number of hydrogen-bond donors (Lipinski definition) is 1. The highest BCUT2D eigenvalue weighted by Crippen LogP contribution is 2.19. The van der Waals surface area contributed by atoms with Crippen molar-refractivity contribution in [1.82, 2.24) is 4.57 Å². The highest BCUT2D eigenvalue weighted by atomic mass is 16.5. The molecule has 4 heteroatoms. The molecule has 0 amide bonds. The van der Waals surface area contributed by atoms with Gasteiger partial charge in [-0.25, -0.2) is 0 Å². The van der Waals surface area contributed by atoms with Gasteiger partial charge in [-0.2, -0.15) is 0 Å². The van der Waals surface area contributed by atoms with E-state index in [1.54, 1.807) is 24.7 Å². The third-order valence-corrected chi connectivity index (χ3v) is 2.84. The van der Waals surface area contributed by atoms with Gasteiger partial charge in [0.15, 0.2) is 0 Å². The van der Waals surface area contributed by atoms with Gasteiger partial charge < -0.3 is 14.4 Å². The Bertz CT molecular complexity index is 617. The maximum atomic E-state index is 11.8. The number of aromatic hydroxyl groups is 1. The van der Waals surface area contributed by atoms with Gasteiger partial charge in [-0.15, -0.1) is 0 Å². The molecule has 0 aliphatic rings. The lowest BCUT2D eigenvalue weighted by Gasteiger charge is -2.12. The first-order valence-corrected chi connectivity index (χ1v) is 5.64. The molecule has 1 N–H and O–H groups in total. The summed E-state index contributed by atoms with van der Waals surface area (Å²) in [4.78, 5) is 11.8. The molecule has 0 unspecified atom stereocenters. The lowest BCUT2D eigenvalue weighted by atomic mass is 10.2. The highest BCUT2D eigenvalue weighted by molar-refractivity contribution is 5.34. The Kier molecular flexibility index (Phi) is 3.37. The number of para-hydroxylation sites is 1. The van der Waals surface area contributed by atoms with E-state index in [9.17, 15) is 9.90 Å². The predicted molar refractivity (Wildman–Crippen MR) is 69.2 cm³/mol. The van der Waals surface area contributed by atoms with Crippen LogP contribution in [-0.2, 0) is 6.54 Å². The largest absolute Gasteiger partial charge is 0.508 e. The molecular formula is C14H15NO3. The standard InChI is InChI=1S/C14H15NO3/c1-10-7-12(16)8-14(17)15(10)9-11-5-3-4-6-13(11)18-2/h3-8,16H,9H2,1-2H3. The van der Waals surface area contributed by atoms with Crippen molar-refractivity contribution in [2.24, 2.45) is 0 Å². The summed E-state index contributed by atoms with van der Waals surface area (Å²) >= 11 is 0. The molecule has 0 saturated heterocycles. The monoisotopic (exact) mass is 245 g/mol. The van der Waals surface area contributed by atoms with Crippen LogP contribution in [0.5, 0.6) is 11.5 Å². The highest BCUT2D eigenvalue weighted by Gasteiger charge is 2.07. The smallest absolute Gasteiger partial charge is 0.254 e. The van der Waals surface area contributed by atoms with Gasteiger partial charge in [-0.1, -0.05) is 18.2 Å². The Hall–Kier alpha value is -2.23. The molecule has 0 fully saturated rings. The molecule has 0 aliphatic carbocycles. The molecule has 2 rings (SSSR count). The fourth-order valence-electron chi connectivity index (χ4n) is 1.92. The second-order valence-electron chi connectivity index (χ2n) is 4.09. The third-order valence-electron chi connectivity index (χ3n) is 2.84. The van der Waals surface area contributed by atoms with E-state index in [1.165, 1.54) is 6.07 Å². The van der Waals surface area contributed by atoms with Crippen molar-refractivity contribution in [3.63, 3.8) is 0 Å². The number of nitrogens with zero attached hydrogens (tertiary/aromatic N) is 1. The fourth-order valence-corrected chi connectivity index (χ4v) is 1.92. The summed E-state index contributed by atoms with van der Waals surface area (Å²) in [5.74, 6) is 0.741. The van der Waals surface area contributed by atoms with E-state index in [-0.39, 0.29) is 11.3 Å². The second kappa shape index (κ2) is 4.96. The normalized spacial score (nSPS) is 10.3. The summed E-state index contributed by atoms with van der Waals surface area (Å²) in [6.45, 7) is 2.21. The molecule has 4 nitrogen and oxygen atoms in total. The molecule has 0 spiro atoms. The predicted octanol–water partition coefficient (Wildman–Crippen LogP) is 1.92. The van der Waals surface area contributed by atoms with Gasteiger partial charge in [0.2, 0.25) is 0 Å². The van der Waals surface area contributed by atoms with Crippen LogP contribution in [0.25, 0.3) is 0 Å². The van der Waals surface area contributed by atoms with Crippen LogP contribution in [0.4, 0.5) is 0 Å². The summed E-state index contributed by atoms with van der Waals surface area (Å²) in [5.41, 5.74) is 1.42. The zero-order valence-corrected chi connectivity index (χ0v) is 10.4. The zero-order valence-electron chi connectivity index (χ0n) is 10.4. The topological polar surface area (TPSA) is 51.5 Å². The minimum absolute atomic E-state index is 0.00576. The minimum Gasteiger partial charge on any atom is -0.508 e. The van der Waals surface area contributed by atoms with Crippen molar-refractivity contribution < 1.29 is 9.84 Å². The van der Waals surface area contributed by atoms with Gasteiger partial charge in [0.05, 0.1) is 13.7 Å². The summed E-state index contributed by atoms with van der Waals surface area (Å²) in [7, 11) is 1.60. The molecule has 0 radical (unpaired) electrons. The number of methoxy groups -OCH3 is 1. The molecule has 18 heavy (non-hydrogen) atoms. The Morgan fingerprint density at radius 3 is 2.67 bits per heavy atom. The summed E-state index contributed by atoms with van der Waals surface area (Å²) in [6.07, 6.45) is 0. The first-order valence-electron chi connectivity index (χ1n) is 5.64. The van der Waals surface area contributed by atoms with E-state index in [0.717, 1.165) is 11.3 Å². The van der Waals surface area contributed by atoms with Crippen molar-refractivity contribution in [2.45, 2.75) is 13.5 Å². The van der Waals surface area contributed by atoms with Crippen LogP contribution in [0.1, 0.15) is 11.3 Å². The number of hydrogen-bond acceptors (Lipinski definition) is 3. The second-order valence-corrected chi connectivity index (χ2v) is 4.09. The van der Waals surface area contributed by atoms with Gasteiger partial charge in [-0.3, -0.25) is 4.79 Å². The average molecular weight is 245 g/mol. The molecule has 94 valence electrons. The van der Waals surface area contributed by atoms with E-state index in [4.69, 9.17) is 4.74 Å². The number of pyridine rings is 1. The van der Waals surface area contributed by atoms with E-state index in [2.05, 4.69) is 0 Å². The Morgan fingerprint density at radius 2 is 2.00 bits per heavy atom. The average Bonchev–Trinajstić information content (AvgIpc) is 2.34. The molecule has 0 saturated carbocycles. The van der Waals surface area contributed by atoms with E-state index >= 15 is 0 Å². The number of ether oxygens (including phenoxy) is 1. The fraction of sp³-hybridized carbons (Fsp3) is 0.214. The number of rotatable bonds is 3. The van der Waals surface area contributed by atoms with Gasteiger partial charge in [0.25, 0.3) is 5.56 Å². The van der Waals surface area contributed by atoms with Crippen LogP contribution in [0.3, 0.4) is 0 Å². The minimum atomic E-state index is -0.224. The molecule has 1 aromatic carbocycles. The maximum absolute atomic E-state index is 11.8. The Morgan fingerprint density at radius 1 is 1.28 bits per heavy atom. The van der Waals surface area contributed by atoms with E-state index in [1.807, 2.05) is 24.3 Å². The lowest BCUT2D eigenvalue weighted by Crippen LogP contribution is -2.21. The first kappa shape index (κ1) is 12.2. The van der Waals surface area contributed by atoms with E-state index in [0.29, 0.717) is 12.2 Å². The third kappa shape index (κ3) is 2.37. The number of benzene rings is 1. The number of aryl methyl sites for hydroxylation is 1. The quantitative estimate of drug-likeness (QED) is 0.898. The number of aromatic nitrogens is 1. The van der Waals surface area contributed by atoms with Gasteiger partial charge in [0, 0.05) is 17.3 Å². The molecule has 2 aromatic rings. The molecule has 0 atom stereocenters. The summed E-state index contributed by atoms with van der Waals surface area (Å²) < 4.78 is 6.85. The van der Waals surface area contributed by atoms with Crippen LogP contribution in [0, 0.1) is 6.92 Å². The van der Waals surface area contributed by atoms with Crippen molar-refractivity contribution in [3.05, 3.63) is 58.0 Å². The Balaban J connectivity index is 2.43. The van der Waals surface area contributed by atoms with Crippen LogP contribution in [0.2, 0.25) is 0 Å². The molecule has 1 heterocycles. The summed E-state index contributed by atoms with van der Waals surface area (Å²) in [5, 5.41) is 9.35. The SMILES string of the molecule is COc1ccccc1Cn1c(C)cc(O)cc1=O. The molecule has 0 aliphatic heterocycles.